The van der Waals surface area contributed by atoms with Gasteiger partial charge in [-0.3, -0.25) is 9.88 Å². The largest absolute Gasteiger partial charge is 0.330 e. The van der Waals surface area contributed by atoms with Crippen molar-refractivity contribution in [3.8, 4) is 0 Å². The van der Waals surface area contributed by atoms with E-state index in [4.69, 9.17) is 10.7 Å². The summed E-state index contributed by atoms with van der Waals surface area (Å²) in [6.07, 6.45) is 10.4. The van der Waals surface area contributed by atoms with E-state index in [-0.39, 0.29) is 0 Å². The van der Waals surface area contributed by atoms with E-state index in [9.17, 15) is 0 Å². The Bertz CT molecular complexity index is 747. The molecule has 0 bridgehead atoms. The predicted octanol–water partition coefficient (Wildman–Crippen LogP) is 3.72. The monoisotopic (exact) mass is 392 g/mol. The lowest BCUT2D eigenvalue weighted by molar-refractivity contribution is 0.156. The molecule has 4 heteroatoms. The van der Waals surface area contributed by atoms with Crippen LogP contribution in [0.25, 0.3) is 0 Å². The van der Waals surface area contributed by atoms with Gasteiger partial charge in [0.05, 0.1) is 11.7 Å². The van der Waals surface area contributed by atoms with E-state index in [0.717, 1.165) is 38.5 Å². The fraction of sp³-hybridized carbons (Fsp3) is 0.560. The summed E-state index contributed by atoms with van der Waals surface area (Å²) < 4.78 is 0. The summed E-state index contributed by atoms with van der Waals surface area (Å²) in [5, 5.41) is 3.82. The van der Waals surface area contributed by atoms with E-state index in [1.165, 1.54) is 55.3 Å². The molecule has 1 aliphatic heterocycles. The molecule has 2 aliphatic rings. The maximum atomic E-state index is 5.78. The molecule has 1 saturated heterocycles. The molecule has 1 fully saturated rings. The van der Waals surface area contributed by atoms with Crippen molar-refractivity contribution >= 4 is 0 Å². The molecule has 29 heavy (non-hydrogen) atoms. The van der Waals surface area contributed by atoms with Crippen LogP contribution >= 0.6 is 0 Å². The molecule has 2 aromatic rings. The van der Waals surface area contributed by atoms with Crippen LogP contribution in [-0.2, 0) is 12.8 Å². The summed E-state index contributed by atoms with van der Waals surface area (Å²) in [4.78, 5) is 7.52. The van der Waals surface area contributed by atoms with E-state index in [2.05, 4.69) is 52.7 Å². The van der Waals surface area contributed by atoms with Gasteiger partial charge in [0.15, 0.2) is 0 Å². The smallest absolute Gasteiger partial charge is 0.0607 e. The van der Waals surface area contributed by atoms with Gasteiger partial charge in [0.25, 0.3) is 0 Å². The first-order chi connectivity index (χ1) is 14.3. The van der Waals surface area contributed by atoms with Crippen molar-refractivity contribution in [2.75, 3.05) is 26.2 Å². The molecule has 2 heterocycles. The Balaban J connectivity index is 1.40. The summed E-state index contributed by atoms with van der Waals surface area (Å²) in [6, 6.07) is 16.3. The van der Waals surface area contributed by atoms with Gasteiger partial charge >= 0.3 is 0 Å². The zero-order chi connectivity index (χ0) is 19.9. The maximum absolute atomic E-state index is 5.78. The van der Waals surface area contributed by atoms with Crippen LogP contribution in [0.1, 0.15) is 55.0 Å². The van der Waals surface area contributed by atoms with Crippen LogP contribution < -0.4 is 11.1 Å². The van der Waals surface area contributed by atoms with Crippen molar-refractivity contribution in [1.29, 1.82) is 0 Å². The van der Waals surface area contributed by atoms with Crippen LogP contribution in [0.2, 0.25) is 0 Å². The third-order valence-corrected chi connectivity index (χ3v) is 6.64. The maximum Gasteiger partial charge on any atom is 0.0607 e. The van der Waals surface area contributed by atoms with Crippen LogP contribution in [0.15, 0.2) is 48.7 Å². The second-order valence-electron chi connectivity index (χ2n) is 8.84. The van der Waals surface area contributed by atoms with Crippen molar-refractivity contribution in [2.24, 2.45) is 11.7 Å². The normalized spacial score (nSPS) is 24.0. The number of pyridine rings is 1. The average Bonchev–Trinajstić information content (AvgIpc) is 3.20. The molecule has 0 amide bonds. The average molecular weight is 393 g/mol. The summed E-state index contributed by atoms with van der Waals surface area (Å²) in [6.45, 7) is 4.17. The highest BCUT2D eigenvalue weighted by atomic mass is 15.2. The van der Waals surface area contributed by atoms with Crippen LogP contribution in [0, 0.1) is 5.92 Å². The number of nitrogens with zero attached hydrogens (tertiary/aromatic N) is 2. The highest BCUT2D eigenvalue weighted by molar-refractivity contribution is 5.25. The highest BCUT2D eigenvalue weighted by Crippen LogP contribution is 2.33. The molecule has 156 valence electrons. The Morgan fingerprint density at radius 3 is 2.86 bits per heavy atom. The molecule has 3 unspecified atom stereocenters. The second kappa shape index (κ2) is 10.3. The first kappa shape index (κ1) is 20.5. The van der Waals surface area contributed by atoms with Crippen molar-refractivity contribution in [2.45, 2.75) is 57.0 Å². The molecular formula is C25H36N4. The number of hydrogen-bond acceptors (Lipinski definition) is 4. The molecule has 0 saturated carbocycles. The number of aryl methyl sites for hydroxylation is 1. The van der Waals surface area contributed by atoms with Crippen LogP contribution in [-0.4, -0.2) is 42.1 Å². The van der Waals surface area contributed by atoms with E-state index < -0.39 is 0 Å². The summed E-state index contributed by atoms with van der Waals surface area (Å²) >= 11 is 0. The summed E-state index contributed by atoms with van der Waals surface area (Å²) in [5.74, 6) is 0.741. The minimum atomic E-state index is 0.465. The molecule has 4 rings (SSSR count). The molecule has 4 nitrogen and oxygen atoms in total. The molecule has 1 aromatic heterocycles. The Kier molecular flexibility index (Phi) is 7.31. The topological polar surface area (TPSA) is 54.2 Å². The number of unbranched alkanes of at least 4 members (excludes halogenated alkanes) is 1. The molecule has 3 atom stereocenters. The summed E-state index contributed by atoms with van der Waals surface area (Å²) in [5.41, 5.74) is 10.0. The number of nitrogens with two attached hydrogens (primary N) is 1. The van der Waals surface area contributed by atoms with Crippen molar-refractivity contribution in [1.82, 2.24) is 15.2 Å². The molecule has 0 spiro atoms. The second-order valence-corrected chi connectivity index (χ2v) is 8.84. The number of rotatable bonds is 9. The molecule has 3 N–H and O–H groups in total. The number of benzene rings is 1. The van der Waals surface area contributed by atoms with Gasteiger partial charge in [0.1, 0.15) is 0 Å². The van der Waals surface area contributed by atoms with Crippen LogP contribution in [0.5, 0.6) is 0 Å². The first-order valence-electron chi connectivity index (χ1n) is 11.5. The SMILES string of the molecule is NCCCCN(CC1CC(Cc2ccccc2)CN1)C1CCCc2cccnc21. The Morgan fingerprint density at radius 1 is 1.10 bits per heavy atom. The van der Waals surface area contributed by atoms with Gasteiger partial charge in [-0.05, 0) is 87.7 Å². The van der Waals surface area contributed by atoms with E-state index in [0.29, 0.717) is 12.1 Å². The van der Waals surface area contributed by atoms with Gasteiger partial charge in [-0.15, -0.1) is 0 Å². The van der Waals surface area contributed by atoms with Gasteiger partial charge in [-0.25, -0.2) is 0 Å². The molecule has 1 aliphatic carbocycles. The lowest BCUT2D eigenvalue weighted by Crippen LogP contribution is -2.41. The molecular weight excluding hydrogens is 356 g/mol. The van der Waals surface area contributed by atoms with Crippen LogP contribution in [0.4, 0.5) is 0 Å². The number of nitrogens with one attached hydrogen (secondary N) is 1. The first-order valence-corrected chi connectivity index (χ1v) is 11.5. The van der Waals surface area contributed by atoms with Gasteiger partial charge in [0, 0.05) is 18.8 Å². The quantitative estimate of drug-likeness (QED) is 0.639. The molecule has 1 aromatic carbocycles. The zero-order valence-electron chi connectivity index (χ0n) is 17.6. The van der Waals surface area contributed by atoms with Crippen molar-refractivity contribution in [3.63, 3.8) is 0 Å². The van der Waals surface area contributed by atoms with Crippen molar-refractivity contribution < 1.29 is 0 Å². The van der Waals surface area contributed by atoms with E-state index in [1.807, 2.05) is 6.20 Å². The Morgan fingerprint density at radius 2 is 2.00 bits per heavy atom. The third kappa shape index (κ3) is 5.44. The number of hydrogen-bond donors (Lipinski definition) is 2. The minimum Gasteiger partial charge on any atom is -0.330 e. The van der Waals surface area contributed by atoms with Gasteiger partial charge in [0.2, 0.25) is 0 Å². The van der Waals surface area contributed by atoms with Crippen LogP contribution in [0.3, 0.4) is 0 Å². The van der Waals surface area contributed by atoms with Gasteiger partial charge in [-0.1, -0.05) is 36.4 Å². The van der Waals surface area contributed by atoms with Gasteiger partial charge in [-0.2, -0.15) is 0 Å². The zero-order valence-corrected chi connectivity index (χ0v) is 17.6. The predicted molar refractivity (Wildman–Crippen MR) is 120 cm³/mol. The van der Waals surface area contributed by atoms with Crippen molar-refractivity contribution in [3.05, 3.63) is 65.5 Å². The lowest BCUT2D eigenvalue weighted by Gasteiger charge is -2.36. The van der Waals surface area contributed by atoms with Gasteiger partial charge < -0.3 is 11.1 Å². The standard InChI is InChI=1S/C25H36N4/c26-13-4-5-15-29(24-12-6-10-22-11-7-14-27-25(22)24)19-23-17-21(18-28-23)16-20-8-2-1-3-9-20/h1-3,7-9,11,14,21,23-24,28H,4-6,10,12-13,15-19,26H2. The van der Waals surface area contributed by atoms with E-state index in [1.54, 1.807) is 0 Å². The Labute approximate surface area is 175 Å². The number of aromatic nitrogens is 1. The lowest BCUT2D eigenvalue weighted by atomic mass is 9.90. The Hall–Kier alpha value is -1.75. The third-order valence-electron chi connectivity index (χ3n) is 6.64. The van der Waals surface area contributed by atoms with E-state index >= 15 is 0 Å². The number of fused-ring (bicyclic) bond motifs is 1. The fourth-order valence-corrected chi connectivity index (χ4v) is 5.20. The summed E-state index contributed by atoms with van der Waals surface area (Å²) in [7, 11) is 0. The minimum absolute atomic E-state index is 0.465. The molecule has 0 radical (unpaired) electrons. The highest BCUT2D eigenvalue weighted by Gasteiger charge is 2.31. The fourth-order valence-electron chi connectivity index (χ4n) is 5.20.